The van der Waals surface area contributed by atoms with Crippen molar-refractivity contribution >= 4 is 17.7 Å². The molecule has 0 radical (unpaired) electrons. The minimum absolute atomic E-state index is 0.187. The Morgan fingerprint density at radius 1 is 1.37 bits per heavy atom. The number of primary amides is 1. The zero-order valence-electron chi connectivity index (χ0n) is 10.6. The van der Waals surface area contributed by atoms with Crippen molar-refractivity contribution < 1.29 is 14.7 Å². The number of rotatable bonds is 4. The number of aromatic nitrogens is 1. The third-order valence-electron chi connectivity index (χ3n) is 3.42. The molecule has 1 amide bonds. The molecular weight excluding hydrogens is 246 g/mol. The number of amides is 1. The lowest BCUT2D eigenvalue weighted by atomic mass is 9.93. The first-order valence-electron chi connectivity index (χ1n) is 6.29. The summed E-state index contributed by atoms with van der Waals surface area (Å²) in [6.45, 7) is 1.63. The van der Waals surface area contributed by atoms with Gasteiger partial charge in [0, 0.05) is 25.7 Å². The van der Waals surface area contributed by atoms with E-state index in [-0.39, 0.29) is 11.5 Å². The van der Waals surface area contributed by atoms with Crippen molar-refractivity contribution in [2.24, 2.45) is 11.7 Å². The molecule has 102 valence electrons. The fraction of sp³-hybridized carbons (Fsp3) is 0.462. The van der Waals surface area contributed by atoms with E-state index in [1.807, 2.05) is 0 Å². The van der Waals surface area contributed by atoms with Crippen molar-refractivity contribution in [3.8, 4) is 0 Å². The van der Waals surface area contributed by atoms with Gasteiger partial charge in [0.25, 0.3) is 0 Å². The molecule has 0 bridgehead atoms. The molecule has 2 rings (SSSR count). The molecule has 0 spiro atoms. The Balaban J connectivity index is 1.94. The Morgan fingerprint density at radius 3 is 2.53 bits per heavy atom. The zero-order valence-corrected chi connectivity index (χ0v) is 10.6. The summed E-state index contributed by atoms with van der Waals surface area (Å²) in [6, 6.07) is 3.28. The lowest BCUT2D eigenvalue weighted by Crippen LogP contribution is -2.35. The van der Waals surface area contributed by atoms with Gasteiger partial charge >= 0.3 is 5.97 Å². The van der Waals surface area contributed by atoms with Gasteiger partial charge in [0.05, 0.1) is 5.56 Å². The summed E-state index contributed by atoms with van der Waals surface area (Å²) < 4.78 is 0. The summed E-state index contributed by atoms with van der Waals surface area (Å²) >= 11 is 0. The van der Waals surface area contributed by atoms with Crippen molar-refractivity contribution in [1.29, 1.82) is 0 Å². The summed E-state index contributed by atoms with van der Waals surface area (Å²) in [5.74, 6) is -0.0869. The number of hydrogen-bond donors (Lipinski definition) is 2. The highest BCUT2D eigenvalue weighted by Gasteiger charge is 2.21. The number of nitrogens with zero attached hydrogens (tertiary/aromatic N) is 2. The quantitative estimate of drug-likeness (QED) is 0.840. The number of pyridine rings is 1. The van der Waals surface area contributed by atoms with Crippen LogP contribution in [0.5, 0.6) is 0 Å². The van der Waals surface area contributed by atoms with Gasteiger partial charge in [-0.3, -0.25) is 4.79 Å². The Bertz CT molecular complexity index is 465. The summed E-state index contributed by atoms with van der Waals surface area (Å²) in [4.78, 5) is 27.9. The van der Waals surface area contributed by atoms with Crippen molar-refractivity contribution in [3.63, 3.8) is 0 Å². The third kappa shape index (κ3) is 3.43. The second-order valence-corrected chi connectivity index (χ2v) is 4.81. The largest absolute Gasteiger partial charge is 0.478 e. The molecule has 19 heavy (non-hydrogen) atoms. The maximum atomic E-state index is 10.9. The van der Waals surface area contributed by atoms with Gasteiger partial charge in [-0.15, -0.1) is 0 Å². The molecule has 0 saturated carbocycles. The molecule has 0 aromatic carbocycles. The van der Waals surface area contributed by atoms with Gasteiger partial charge < -0.3 is 15.7 Å². The third-order valence-corrected chi connectivity index (χ3v) is 3.42. The number of piperidine rings is 1. The molecule has 6 heteroatoms. The van der Waals surface area contributed by atoms with Crippen LogP contribution in [0.1, 0.15) is 29.6 Å². The van der Waals surface area contributed by atoms with Crippen LogP contribution in [0.15, 0.2) is 18.3 Å². The standard InChI is InChI=1S/C13H17N3O3/c14-11(17)7-9-3-5-16(6-4-9)12-2-1-10(8-15-12)13(18)19/h1-2,8-9H,3-7H2,(H2,14,17)(H,18,19). The van der Waals surface area contributed by atoms with E-state index in [2.05, 4.69) is 9.88 Å². The summed E-state index contributed by atoms with van der Waals surface area (Å²) in [6.07, 6.45) is 3.63. The number of anilines is 1. The average Bonchev–Trinajstić information content (AvgIpc) is 2.39. The molecule has 1 aliphatic rings. The van der Waals surface area contributed by atoms with Crippen LogP contribution in [-0.4, -0.2) is 35.1 Å². The van der Waals surface area contributed by atoms with Gasteiger partial charge in [-0.2, -0.15) is 0 Å². The van der Waals surface area contributed by atoms with Crippen molar-refractivity contribution in [2.75, 3.05) is 18.0 Å². The Kier molecular flexibility index (Phi) is 3.99. The maximum absolute atomic E-state index is 10.9. The van der Waals surface area contributed by atoms with Crippen LogP contribution >= 0.6 is 0 Å². The van der Waals surface area contributed by atoms with E-state index < -0.39 is 5.97 Å². The fourth-order valence-electron chi connectivity index (χ4n) is 2.35. The Morgan fingerprint density at radius 2 is 2.05 bits per heavy atom. The predicted octanol–water partition coefficient (Wildman–Crippen LogP) is 0.872. The molecule has 0 atom stereocenters. The van der Waals surface area contributed by atoms with Crippen LogP contribution in [0.4, 0.5) is 5.82 Å². The number of carbonyl (C=O) groups excluding carboxylic acids is 1. The maximum Gasteiger partial charge on any atom is 0.337 e. The highest BCUT2D eigenvalue weighted by molar-refractivity contribution is 5.87. The molecule has 1 aromatic rings. The smallest absolute Gasteiger partial charge is 0.337 e. The molecule has 1 aromatic heterocycles. The summed E-state index contributed by atoms with van der Waals surface area (Å²) in [7, 11) is 0. The fourth-order valence-corrected chi connectivity index (χ4v) is 2.35. The lowest BCUT2D eigenvalue weighted by molar-refractivity contribution is -0.119. The van der Waals surface area contributed by atoms with Crippen molar-refractivity contribution in [1.82, 2.24) is 4.98 Å². The molecule has 3 N–H and O–H groups in total. The highest BCUT2D eigenvalue weighted by atomic mass is 16.4. The van der Waals surface area contributed by atoms with E-state index in [9.17, 15) is 9.59 Å². The second kappa shape index (κ2) is 5.69. The van der Waals surface area contributed by atoms with Crippen molar-refractivity contribution in [2.45, 2.75) is 19.3 Å². The van der Waals surface area contributed by atoms with E-state index in [4.69, 9.17) is 10.8 Å². The van der Waals surface area contributed by atoms with E-state index in [0.29, 0.717) is 12.3 Å². The van der Waals surface area contributed by atoms with Gasteiger partial charge in [0.2, 0.25) is 5.91 Å². The number of carboxylic acid groups (broad SMARTS) is 1. The number of aromatic carboxylic acids is 1. The van der Waals surface area contributed by atoms with Crippen LogP contribution in [0.3, 0.4) is 0 Å². The van der Waals surface area contributed by atoms with Crippen LogP contribution < -0.4 is 10.6 Å². The molecule has 1 fully saturated rings. The molecule has 1 aliphatic heterocycles. The highest BCUT2D eigenvalue weighted by Crippen LogP contribution is 2.23. The van der Waals surface area contributed by atoms with Crippen molar-refractivity contribution in [3.05, 3.63) is 23.9 Å². The first-order chi connectivity index (χ1) is 9.06. The first-order valence-corrected chi connectivity index (χ1v) is 6.29. The monoisotopic (exact) mass is 263 g/mol. The summed E-state index contributed by atoms with van der Waals surface area (Å²) in [5.41, 5.74) is 5.38. The zero-order chi connectivity index (χ0) is 13.8. The van der Waals surface area contributed by atoms with Gasteiger partial charge in [-0.1, -0.05) is 0 Å². The second-order valence-electron chi connectivity index (χ2n) is 4.81. The minimum atomic E-state index is -0.973. The molecule has 0 unspecified atom stereocenters. The minimum Gasteiger partial charge on any atom is -0.478 e. The Labute approximate surface area is 111 Å². The molecule has 6 nitrogen and oxygen atoms in total. The van der Waals surface area contributed by atoms with Gasteiger partial charge in [-0.05, 0) is 30.9 Å². The summed E-state index contributed by atoms with van der Waals surface area (Å²) in [5, 5.41) is 8.81. The van der Waals surface area contributed by atoms with E-state index >= 15 is 0 Å². The average molecular weight is 263 g/mol. The molecule has 2 heterocycles. The van der Waals surface area contributed by atoms with Crippen LogP contribution in [0, 0.1) is 5.92 Å². The van der Waals surface area contributed by atoms with Gasteiger partial charge in [0.15, 0.2) is 0 Å². The van der Waals surface area contributed by atoms with Crippen LogP contribution in [0.2, 0.25) is 0 Å². The van der Waals surface area contributed by atoms with Gasteiger partial charge in [-0.25, -0.2) is 9.78 Å². The Hall–Kier alpha value is -2.11. The first kappa shape index (κ1) is 13.3. The van der Waals surface area contributed by atoms with Crippen LogP contribution in [-0.2, 0) is 4.79 Å². The predicted molar refractivity (Wildman–Crippen MR) is 69.9 cm³/mol. The lowest BCUT2D eigenvalue weighted by Gasteiger charge is -2.32. The van der Waals surface area contributed by atoms with Crippen LogP contribution in [0.25, 0.3) is 0 Å². The SMILES string of the molecule is NC(=O)CC1CCN(c2ccc(C(=O)O)cn2)CC1. The number of carboxylic acids is 1. The van der Waals surface area contributed by atoms with E-state index in [1.165, 1.54) is 6.20 Å². The normalized spacial score (nSPS) is 16.3. The molecule has 0 aliphatic carbocycles. The van der Waals surface area contributed by atoms with Gasteiger partial charge in [0.1, 0.15) is 5.82 Å². The number of hydrogen-bond acceptors (Lipinski definition) is 4. The van der Waals surface area contributed by atoms with E-state index in [0.717, 1.165) is 31.7 Å². The molecular formula is C13H17N3O3. The topological polar surface area (TPSA) is 96.5 Å². The molecule has 1 saturated heterocycles. The number of carbonyl (C=O) groups is 2. The van der Waals surface area contributed by atoms with E-state index in [1.54, 1.807) is 12.1 Å². The number of nitrogens with two attached hydrogens (primary N) is 1.